The first kappa shape index (κ1) is 23.2. The molecule has 0 aliphatic heterocycles. The summed E-state index contributed by atoms with van der Waals surface area (Å²) in [5.74, 6) is -0.874. The maximum absolute atomic E-state index is 13.8. The van der Waals surface area contributed by atoms with Crippen molar-refractivity contribution in [2.24, 2.45) is 5.73 Å². The van der Waals surface area contributed by atoms with Crippen LogP contribution in [0.2, 0.25) is 5.02 Å². The highest BCUT2D eigenvalue weighted by Crippen LogP contribution is 2.23. The van der Waals surface area contributed by atoms with Gasteiger partial charge in [-0.05, 0) is 59.7 Å². The summed E-state index contributed by atoms with van der Waals surface area (Å²) in [5.41, 5.74) is 8.44. The van der Waals surface area contributed by atoms with Gasteiger partial charge in [-0.15, -0.1) is 0 Å². The Kier molecular flexibility index (Phi) is 8.61. The zero-order valence-electron chi connectivity index (χ0n) is 16.2. The Labute approximate surface area is 178 Å². The molecular formula is C22H21ClFN3O3. The number of hydrogen-bond acceptors (Lipinski definition) is 5. The second-order valence-corrected chi connectivity index (χ2v) is 6.52. The quantitative estimate of drug-likeness (QED) is 0.519. The minimum absolute atomic E-state index is 0.120. The fourth-order valence-corrected chi connectivity index (χ4v) is 2.96. The fourth-order valence-electron chi connectivity index (χ4n) is 2.77. The number of halogens is 2. The number of nitrogens with two attached hydrogens (primary N) is 1. The largest absolute Gasteiger partial charge is 0.400 e. The number of amides is 1. The van der Waals surface area contributed by atoms with Gasteiger partial charge >= 0.3 is 0 Å². The van der Waals surface area contributed by atoms with Crippen LogP contribution in [-0.4, -0.2) is 29.4 Å². The Morgan fingerprint density at radius 1 is 1.20 bits per heavy atom. The molecule has 30 heavy (non-hydrogen) atoms. The Balaban J connectivity index is 0.00000155. The molecule has 0 saturated carbocycles. The lowest BCUT2D eigenvalue weighted by molar-refractivity contribution is -0.107. The molecule has 2 aromatic carbocycles. The molecule has 156 valence electrons. The first-order valence-electron chi connectivity index (χ1n) is 8.95. The van der Waals surface area contributed by atoms with Crippen LogP contribution in [0.1, 0.15) is 21.6 Å². The van der Waals surface area contributed by atoms with Crippen molar-refractivity contribution >= 4 is 29.5 Å². The van der Waals surface area contributed by atoms with Gasteiger partial charge in [0.2, 0.25) is 0 Å². The third-order valence-electron chi connectivity index (χ3n) is 4.09. The first-order chi connectivity index (χ1) is 14.5. The molecule has 1 heterocycles. The number of nitrogens with one attached hydrogen (secondary N) is 1. The molecule has 1 aromatic heterocycles. The molecule has 0 aliphatic carbocycles. The number of nitrogens with zero attached hydrogens (tertiary/aromatic N) is 1. The Morgan fingerprint density at radius 2 is 1.97 bits per heavy atom. The van der Waals surface area contributed by atoms with Crippen molar-refractivity contribution in [1.82, 2.24) is 4.98 Å². The summed E-state index contributed by atoms with van der Waals surface area (Å²) in [6.45, 7) is 0.195. The third-order valence-corrected chi connectivity index (χ3v) is 4.32. The van der Waals surface area contributed by atoms with Crippen LogP contribution >= 0.6 is 11.6 Å². The summed E-state index contributed by atoms with van der Waals surface area (Å²) in [6, 6.07) is 14.2. The van der Waals surface area contributed by atoms with Crippen molar-refractivity contribution in [2.75, 3.05) is 12.4 Å². The van der Waals surface area contributed by atoms with E-state index in [0.29, 0.717) is 33.1 Å². The lowest BCUT2D eigenvalue weighted by Crippen LogP contribution is -2.15. The zero-order valence-corrected chi connectivity index (χ0v) is 17.0. The summed E-state index contributed by atoms with van der Waals surface area (Å²) >= 11 is 5.95. The minimum atomic E-state index is -0.452. The monoisotopic (exact) mass is 429 g/mol. The highest BCUT2D eigenvalue weighted by Gasteiger charge is 2.13. The Morgan fingerprint density at radius 3 is 2.67 bits per heavy atom. The standard InChI is InChI=1S/C21H17ClFN3O2.CH4O/c22-16-4-5-19(14(10-16)6-7-27)26-21(28)20-3-1-2-18(25-20)15-8-13(12-24)9-17(23)11-15;1-2/h1-5,7-11H,6,12,24H2,(H,26,28);2H,1H3. The van der Waals surface area contributed by atoms with Crippen molar-refractivity contribution < 1.29 is 19.1 Å². The van der Waals surface area contributed by atoms with Crippen LogP contribution in [0, 0.1) is 5.82 Å². The van der Waals surface area contributed by atoms with E-state index >= 15 is 0 Å². The van der Waals surface area contributed by atoms with Crippen molar-refractivity contribution in [3.05, 3.63) is 82.3 Å². The average Bonchev–Trinajstić information content (AvgIpc) is 2.76. The molecule has 0 spiro atoms. The van der Waals surface area contributed by atoms with Crippen LogP contribution < -0.4 is 11.1 Å². The molecule has 1 amide bonds. The number of benzene rings is 2. The maximum Gasteiger partial charge on any atom is 0.274 e. The van der Waals surface area contributed by atoms with Crippen LogP contribution in [-0.2, 0) is 17.8 Å². The predicted octanol–water partition coefficient (Wildman–Crippen LogP) is 3.60. The van der Waals surface area contributed by atoms with Gasteiger partial charge in [0.25, 0.3) is 5.91 Å². The van der Waals surface area contributed by atoms with Gasteiger partial charge in [-0.2, -0.15) is 0 Å². The minimum Gasteiger partial charge on any atom is -0.400 e. The van der Waals surface area contributed by atoms with Crippen molar-refractivity contribution in [3.63, 3.8) is 0 Å². The Bertz CT molecular complexity index is 1040. The molecule has 0 unspecified atom stereocenters. The molecule has 0 aliphatic rings. The van der Waals surface area contributed by atoms with E-state index < -0.39 is 11.7 Å². The van der Waals surface area contributed by atoms with Gasteiger partial charge in [-0.1, -0.05) is 17.7 Å². The van der Waals surface area contributed by atoms with E-state index in [2.05, 4.69) is 10.3 Å². The number of aliphatic hydroxyl groups is 1. The summed E-state index contributed by atoms with van der Waals surface area (Å²) < 4.78 is 13.8. The lowest BCUT2D eigenvalue weighted by atomic mass is 10.1. The van der Waals surface area contributed by atoms with Gasteiger partial charge in [0, 0.05) is 36.3 Å². The molecule has 6 nitrogen and oxygen atoms in total. The van der Waals surface area contributed by atoms with E-state index in [1.165, 1.54) is 12.1 Å². The second-order valence-electron chi connectivity index (χ2n) is 6.09. The predicted molar refractivity (Wildman–Crippen MR) is 115 cm³/mol. The van der Waals surface area contributed by atoms with Crippen LogP contribution in [0.4, 0.5) is 10.1 Å². The van der Waals surface area contributed by atoms with E-state index in [-0.39, 0.29) is 18.7 Å². The Hall–Kier alpha value is -3.13. The van der Waals surface area contributed by atoms with Crippen molar-refractivity contribution in [1.29, 1.82) is 0 Å². The van der Waals surface area contributed by atoms with Gasteiger partial charge < -0.3 is 21.0 Å². The zero-order chi connectivity index (χ0) is 22.1. The van der Waals surface area contributed by atoms with Crippen LogP contribution in [0.5, 0.6) is 0 Å². The topological polar surface area (TPSA) is 105 Å². The molecule has 4 N–H and O–H groups in total. The molecule has 0 radical (unpaired) electrons. The summed E-state index contributed by atoms with van der Waals surface area (Å²) in [7, 11) is 1.00. The number of carbonyl (C=O) groups excluding carboxylic acids is 2. The highest BCUT2D eigenvalue weighted by molar-refractivity contribution is 6.30. The van der Waals surface area contributed by atoms with Crippen molar-refractivity contribution in [3.8, 4) is 11.3 Å². The number of aldehydes is 1. The maximum atomic E-state index is 13.8. The smallest absolute Gasteiger partial charge is 0.274 e. The molecule has 0 fully saturated rings. The molecule has 0 saturated heterocycles. The van der Waals surface area contributed by atoms with Crippen molar-refractivity contribution in [2.45, 2.75) is 13.0 Å². The van der Waals surface area contributed by atoms with E-state index in [1.807, 2.05) is 0 Å². The van der Waals surface area contributed by atoms with Gasteiger partial charge in [0.1, 0.15) is 17.8 Å². The molecular weight excluding hydrogens is 409 g/mol. The number of aromatic nitrogens is 1. The van der Waals surface area contributed by atoms with Crippen LogP contribution in [0.15, 0.2) is 54.6 Å². The number of hydrogen-bond donors (Lipinski definition) is 3. The number of anilines is 1. The van der Waals surface area contributed by atoms with Gasteiger partial charge in [-0.3, -0.25) is 4.79 Å². The normalized spacial score (nSPS) is 10.0. The SMILES string of the molecule is CO.NCc1cc(F)cc(-c2cccc(C(=O)Nc3ccc(Cl)cc3CC=O)n2)c1. The number of aliphatic hydroxyl groups excluding tert-OH is 1. The molecule has 0 atom stereocenters. The van der Waals surface area contributed by atoms with Crippen LogP contribution in [0.25, 0.3) is 11.3 Å². The molecule has 3 rings (SSSR count). The van der Waals surface area contributed by atoms with E-state index in [0.717, 1.165) is 13.4 Å². The van der Waals surface area contributed by atoms with E-state index in [9.17, 15) is 14.0 Å². The fraction of sp³-hybridized carbons (Fsp3) is 0.136. The molecule has 3 aromatic rings. The summed E-state index contributed by atoms with van der Waals surface area (Å²) in [5, 5.41) is 10.2. The lowest BCUT2D eigenvalue weighted by Gasteiger charge is -2.11. The number of rotatable bonds is 6. The molecule has 0 bridgehead atoms. The molecule has 8 heteroatoms. The third kappa shape index (κ3) is 5.93. The summed E-state index contributed by atoms with van der Waals surface area (Å²) in [4.78, 5) is 27.8. The summed E-state index contributed by atoms with van der Waals surface area (Å²) in [6.07, 6.45) is 0.855. The first-order valence-corrected chi connectivity index (χ1v) is 9.33. The average molecular weight is 430 g/mol. The second kappa shape index (κ2) is 11.2. The highest BCUT2D eigenvalue weighted by atomic mass is 35.5. The number of carbonyl (C=O) groups is 2. The van der Waals surface area contributed by atoms with Gasteiger partial charge in [0.15, 0.2) is 0 Å². The van der Waals surface area contributed by atoms with E-state index in [4.69, 9.17) is 22.4 Å². The van der Waals surface area contributed by atoms with Gasteiger partial charge in [-0.25, -0.2) is 9.37 Å². The number of pyridine rings is 1. The van der Waals surface area contributed by atoms with E-state index in [1.54, 1.807) is 42.5 Å². The van der Waals surface area contributed by atoms with Gasteiger partial charge in [0.05, 0.1) is 5.69 Å². The van der Waals surface area contributed by atoms with Crippen LogP contribution in [0.3, 0.4) is 0 Å².